The average molecular weight is 294 g/mol. The van der Waals surface area contributed by atoms with Gasteiger partial charge in [-0.15, -0.1) is 0 Å². The highest BCUT2D eigenvalue weighted by atomic mass is 19.2. The highest BCUT2D eigenvalue weighted by Crippen LogP contribution is 2.19. The molecule has 0 aliphatic carbocycles. The molecule has 1 aromatic carbocycles. The van der Waals surface area contributed by atoms with E-state index in [2.05, 4.69) is 20.4 Å². The Hall–Kier alpha value is -1.86. The Kier molecular flexibility index (Phi) is 3.94. The van der Waals surface area contributed by atoms with E-state index >= 15 is 0 Å². The molecule has 112 valence electrons. The number of benzene rings is 1. The molecule has 0 amide bonds. The highest BCUT2D eigenvalue weighted by molar-refractivity contribution is 5.20. The van der Waals surface area contributed by atoms with Crippen molar-refractivity contribution < 1.29 is 13.3 Å². The van der Waals surface area contributed by atoms with Gasteiger partial charge in [0.05, 0.1) is 12.5 Å². The number of halogens is 2. The van der Waals surface area contributed by atoms with Crippen molar-refractivity contribution in [3.63, 3.8) is 0 Å². The van der Waals surface area contributed by atoms with E-state index in [-0.39, 0.29) is 12.5 Å². The van der Waals surface area contributed by atoms with Crippen LogP contribution < -0.4 is 5.32 Å². The summed E-state index contributed by atoms with van der Waals surface area (Å²) in [4.78, 5) is 6.51. The van der Waals surface area contributed by atoms with Gasteiger partial charge in [0.15, 0.2) is 17.5 Å². The maximum absolute atomic E-state index is 13.2. The Morgan fingerprint density at radius 1 is 1.38 bits per heavy atom. The molecule has 1 atom stereocenters. The number of rotatable bonds is 3. The lowest BCUT2D eigenvalue weighted by molar-refractivity contribution is 0.190. The molecule has 2 aromatic rings. The molecular formula is C14H16F2N4O. The van der Waals surface area contributed by atoms with Crippen molar-refractivity contribution >= 4 is 0 Å². The Morgan fingerprint density at radius 2 is 2.24 bits per heavy atom. The maximum Gasteiger partial charge on any atom is 0.231 e. The first-order valence-electron chi connectivity index (χ1n) is 6.81. The van der Waals surface area contributed by atoms with Crippen LogP contribution in [0.2, 0.25) is 0 Å². The van der Waals surface area contributed by atoms with Crippen molar-refractivity contribution in [1.82, 2.24) is 20.4 Å². The molecule has 0 spiro atoms. The van der Waals surface area contributed by atoms with Gasteiger partial charge in [0, 0.05) is 19.6 Å². The molecule has 3 rings (SSSR count). The Labute approximate surface area is 120 Å². The van der Waals surface area contributed by atoms with Crippen molar-refractivity contribution in [2.75, 3.05) is 26.7 Å². The number of hydrogen-bond donors (Lipinski definition) is 1. The zero-order valence-electron chi connectivity index (χ0n) is 11.6. The second kappa shape index (κ2) is 5.87. The molecule has 0 saturated carbocycles. The minimum absolute atomic E-state index is 0.0706. The topological polar surface area (TPSA) is 54.2 Å². The van der Waals surface area contributed by atoms with Crippen LogP contribution in [-0.4, -0.2) is 41.7 Å². The second-order valence-corrected chi connectivity index (χ2v) is 5.17. The molecular weight excluding hydrogens is 278 g/mol. The molecule has 21 heavy (non-hydrogen) atoms. The summed E-state index contributed by atoms with van der Waals surface area (Å²) in [6.07, 6.45) is 0.286. The second-order valence-electron chi connectivity index (χ2n) is 5.17. The van der Waals surface area contributed by atoms with E-state index in [1.165, 1.54) is 6.07 Å². The van der Waals surface area contributed by atoms with Crippen molar-refractivity contribution in [2.24, 2.45) is 0 Å². The molecule has 0 radical (unpaired) electrons. The SMILES string of the molecule is CN1CCNCC1c1noc(Cc2ccc(F)c(F)c2)n1. The number of hydrogen-bond acceptors (Lipinski definition) is 5. The van der Waals surface area contributed by atoms with Crippen molar-refractivity contribution in [1.29, 1.82) is 0 Å². The fraction of sp³-hybridized carbons (Fsp3) is 0.429. The van der Waals surface area contributed by atoms with Crippen LogP contribution in [0.4, 0.5) is 8.78 Å². The van der Waals surface area contributed by atoms with Gasteiger partial charge in [-0.3, -0.25) is 4.90 Å². The molecule has 1 N–H and O–H groups in total. The maximum atomic E-state index is 13.2. The summed E-state index contributed by atoms with van der Waals surface area (Å²) < 4.78 is 31.3. The predicted octanol–water partition coefficient (Wildman–Crippen LogP) is 1.51. The molecule has 1 aliphatic heterocycles. The molecule has 1 saturated heterocycles. The summed E-state index contributed by atoms with van der Waals surface area (Å²) in [6, 6.07) is 3.83. The number of piperazine rings is 1. The Morgan fingerprint density at radius 3 is 3.00 bits per heavy atom. The number of aromatic nitrogens is 2. The molecule has 1 aliphatic rings. The number of nitrogens with zero attached hydrogens (tertiary/aromatic N) is 3. The van der Waals surface area contributed by atoms with Crippen LogP contribution >= 0.6 is 0 Å². The van der Waals surface area contributed by atoms with Crippen LogP contribution in [0.15, 0.2) is 22.7 Å². The normalized spacial score (nSPS) is 19.9. The lowest BCUT2D eigenvalue weighted by Gasteiger charge is -2.30. The van der Waals surface area contributed by atoms with Gasteiger partial charge < -0.3 is 9.84 Å². The smallest absolute Gasteiger partial charge is 0.231 e. The van der Waals surface area contributed by atoms with Gasteiger partial charge in [0.25, 0.3) is 0 Å². The van der Waals surface area contributed by atoms with E-state index in [4.69, 9.17) is 4.52 Å². The standard InChI is InChI=1S/C14H16F2N4O/c1-20-5-4-17-8-12(20)14-18-13(21-19-14)7-9-2-3-10(15)11(16)6-9/h2-3,6,12,17H,4-5,7-8H2,1H3. The van der Waals surface area contributed by atoms with Crippen molar-refractivity contribution in [3.8, 4) is 0 Å². The molecule has 2 heterocycles. The lowest BCUT2D eigenvalue weighted by atomic mass is 10.1. The van der Waals surface area contributed by atoms with Gasteiger partial charge in [-0.1, -0.05) is 11.2 Å². The summed E-state index contributed by atoms with van der Waals surface area (Å²) in [6.45, 7) is 2.62. The van der Waals surface area contributed by atoms with Crippen LogP contribution in [0.3, 0.4) is 0 Å². The summed E-state index contributed by atoms with van der Waals surface area (Å²) in [5.74, 6) is -0.722. The number of nitrogens with one attached hydrogen (secondary N) is 1. The zero-order chi connectivity index (χ0) is 14.8. The third-order valence-corrected chi connectivity index (χ3v) is 3.63. The lowest BCUT2D eigenvalue weighted by Crippen LogP contribution is -2.44. The molecule has 1 unspecified atom stereocenters. The zero-order valence-corrected chi connectivity index (χ0v) is 11.6. The van der Waals surface area contributed by atoms with Crippen LogP contribution in [0, 0.1) is 11.6 Å². The fourth-order valence-electron chi connectivity index (χ4n) is 2.39. The quantitative estimate of drug-likeness (QED) is 0.930. The van der Waals surface area contributed by atoms with Gasteiger partial charge in [-0.2, -0.15) is 4.98 Å². The first-order chi connectivity index (χ1) is 10.1. The third-order valence-electron chi connectivity index (χ3n) is 3.63. The summed E-state index contributed by atoms with van der Waals surface area (Å²) in [7, 11) is 2.01. The molecule has 1 fully saturated rings. The Balaban J connectivity index is 1.74. The van der Waals surface area contributed by atoms with Gasteiger partial charge in [0.1, 0.15) is 0 Å². The summed E-state index contributed by atoms with van der Waals surface area (Å²) in [5.41, 5.74) is 0.597. The van der Waals surface area contributed by atoms with Gasteiger partial charge in [0.2, 0.25) is 5.89 Å². The minimum Gasteiger partial charge on any atom is -0.339 e. The van der Waals surface area contributed by atoms with Crippen LogP contribution in [0.5, 0.6) is 0 Å². The van der Waals surface area contributed by atoms with Crippen LogP contribution in [0.25, 0.3) is 0 Å². The largest absolute Gasteiger partial charge is 0.339 e. The van der Waals surface area contributed by atoms with E-state index in [0.717, 1.165) is 31.8 Å². The molecule has 0 bridgehead atoms. The minimum atomic E-state index is -0.872. The van der Waals surface area contributed by atoms with Crippen LogP contribution in [0.1, 0.15) is 23.3 Å². The summed E-state index contributed by atoms with van der Waals surface area (Å²) in [5, 5.41) is 7.27. The van der Waals surface area contributed by atoms with E-state index in [1.54, 1.807) is 0 Å². The van der Waals surface area contributed by atoms with E-state index in [1.807, 2.05) is 7.05 Å². The molecule has 5 nitrogen and oxygen atoms in total. The van der Waals surface area contributed by atoms with Crippen molar-refractivity contribution in [2.45, 2.75) is 12.5 Å². The van der Waals surface area contributed by atoms with Gasteiger partial charge in [-0.25, -0.2) is 8.78 Å². The van der Waals surface area contributed by atoms with Crippen LogP contribution in [-0.2, 0) is 6.42 Å². The Bertz CT molecular complexity index is 631. The number of likely N-dealkylation sites (N-methyl/N-ethyl adjacent to an activating group) is 1. The molecule has 7 heteroatoms. The first-order valence-corrected chi connectivity index (χ1v) is 6.81. The highest BCUT2D eigenvalue weighted by Gasteiger charge is 2.25. The third kappa shape index (κ3) is 3.08. The summed E-state index contributed by atoms with van der Waals surface area (Å²) >= 11 is 0. The monoisotopic (exact) mass is 294 g/mol. The van der Waals surface area contributed by atoms with E-state index in [0.29, 0.717) is 17.3 Å². The average Bonchev–Trinajstić information content (AvgIpc) is 2.92. The predicted molar refractivity (Wildman–Crippen MR) is 71.7 cm³/mol. The first kappa shape index (κ1) is 14.1. The van der Waals surface area contributed by atoms with E-state index < -0.39 is 11.6 Å². The van der Waals surface area contributed by atoms with Gasteiger partial charge in [-0.05, 0) is 24.7 Å². The fourth-order valence-corrected chi connectivity index (χ4v) is 2.39. The van der Waals surface area contributed by atoms with Crippen molar-refractivity contribution in [3.05, 3.63) is 47.1 Å². The molecule has 1 aromatic heterocycles. The van der Waals surface area contributed by atoms with Gasteiger partial charge >= 0.3 is 0 Å². The van der Waals surface area contributed by atoms with E-state index in [9.17, 15) is 8.78 Å².